The lowest BCUT2D eigenvalue weighted by molar-refractivity contribution is -0.136. The standard InChI is InChI=1S/C20H22INO4/c1-10-16(19(25)26-4)17(11-5-6-14(23)12(21)7-11)18-13(22-10)8-20(2,3)9-15(18)24/h5-7,17,22-23H,8-9H2,1-4H3/t17-/m1/s1. The highest BCUT2D eigenvalue weighted by Gasteiger charge is 2.43. The molecule has 2 N–H and O–H groups in total. The lowest BCUT2D eigenvalue weighted by atomic mass is 9.68. The molecule has 0 radical (unpaired) electrons. The Balaban J connectivity index is 2.22. The van der Waals surface area contributed by atoms with Gasteiger partial charge in [0.15, 0.2) is 5.78 Å². The van der Waals surface area contributed by atoms with Gasteiger partial charge in [0.25, 0.3) is 0 Å². The van der Waals surface area contributed by atoms with E-state index in [0.29, 0.717) is 26.8 Å². The highest BCUT2D eigenvalue weighted by molar-refractivity contribution is 14.1. The van der Waals surface area contributed by atoms with Crippen molar-refractivity contribution >= 4 is 34.3 Å². The van der Waals surface area contributed by atoms with Crippen molar-refractivity contribution in [3.8, 4) is 5.75 Å². The molecule has 0 spiro atoms. The second-order valence-corrected chi connectivity index (χ2v) is 8.79. The molecule has 1 aliphatic heterocycles. The SMILES string of the molecule is COC(=O)C1=C(C)NC2=C(C(=O)CC(C)(C)C2)[C@@H]1c1ccc(O)c(I)c1. The van der Waals surface area contributed by atoms with Gasteiger partial charge in [0.1, 0.15) is 5.75 Å². The van der Waals surface area contributed by atoms with Crippen molar-refractivity contribution in [1.29, 1.82) is 0 Å². The lowest BCUT2D eigenvalue weighted by Crippen LogP contribution is -2.38. The highest BCUT2D eigenvalue weighted by atomic mass is 127. The van der Waals surface area contributed by atoms with Crippen molar-refractivity contribution in [2.75, 3.05) is 7.11 Å². The molecule has 5 nitrogen and oxygen atoms in total. The van der Waals surface area contributed by atoms with Crippen molar-refractivity contribution < 1.29 is 19.4 Å². The van der Waals surface area contributed by atoms with Crippen LogP contribution in [0.25, 0.3) is 0 Å². The third-order valence-electron chi connectivity index (χ3n) is 4.95. The van der Waals surface area contributed by atoms with E-state index in [1.54, 1.807) is 12.1 Å². The summed E-state index contributed by atoms with van der Waals surface area (Å²) in [4.78, 5) is 25.5. The Hall–Kier alpha value is -1.83. The van der Waals surface area contributed by atoms with Gasteiger partial charge >= 0.3 is 5.97 Å². The molecule has 0 amide bonds. The molecule has 26 heavy (non-hydrogen) atoms. The fourth-order valence-corrected chi connectivity index (χ4v) is 4.39. The summed E-state index contributed by atoms with van der Waals surface area (Å²) in [7, 11) is 1.34. The number of halogens is 1. The molecule has 0 bridgehead atoms. The first-order valence-electron chi connectivity index (χ1n) is 8.45. The Kier molecular flexibility index (Phi) is 4.90. The number of carbonyl (C=O) groups excluding carboxylic acids is 2. The molecular formula is C20H22INO4. The first-order chi connectivity index (χ1) is 12.1. The number of carbonyl (C=O) groups is 2. The zero-order valence-electron chi connectivity index (χ0n) is 15.3. The number of nitrogens with one attached hydrogen (secondary N) is 1. The van der Waals surface area contributed by atoms with Gasteiger partial charge in [-0.1, -0.05) is 19.9 Å². The lowest BCUT2D eigenvalue weighted by Gasteiger charge is -2.39. The van der Waals surface area contributed by atoms with Gasteiger partial charge in [0.05, 0.1) is 16.3 Å². The van der Waals surface area contributed by atoms with Gasteiger partial charge in [0.2, 0.25) is 0 Å². The van der Waals surface area contributed by atoms with Crippen molar-refractivity contribution in [3.63, 3.8) is 0 Å². The van der Waals surface area contributed by atoms with Crippen LogP contribution >= 0.6 is 22.6 Å². The summed E-state index contributed by atoms with van der Waals surface area (Å²) < 4.78 is 5.67. The van der Waals surface area contributed by atoms with E-state index < -0.39 is 11.9 Å². The number of ether oxygens (including phenoxy) is 1. The summed E-state index contributed by atoms with van der Waals surface area (Å²) in [5.41, 5.74) is 3.34. The summed E-state index contributed by atoms with van der Waals surface area (Å²) in [5.74, 6) is -0.719. The molecule has 1 heterocycles. The van der Waals surface area contributed by atoms with Gasteiger partial charge < -0.3 is 15.2 Å². The third-order valence-corrected chi connectivity index (χ3v) is 5.81. The summed E-state index contributed by atoms with van der Waals surface area (Å²) in [5, 5.41) is 13.1. The Morgan fingerprint density at radius 3 is 2.65 bits per heavy atom. The van der Waals surface area contributed by atoms with E-state index in [0.717, 1.165) is 17.7 Å². The topological polar surface area (TPSA) is 75.6 Å². The van der Waals surface area contributed by atoms with E-state index in [4.69, 9.17) is 4.74 Å². The van der Waals surface area contributed by atoms with E-state index in [1.807, 2.05) is 35.6 Å². The maximum Gasteiger partial charge on any atom is 0.336 e. The molecule has 138 valence electrons. The Labute approximate surface area is 166 Å². The molecule has 1 atom stereocenters. The summed E-state index contributed by atoms with van der Waals surface area (Å²) in [6.07, 6.45) is 1.18. The van der Waals surface area contributed by atoms with Crippen LogP contribution in [0.4, 0.5) is 0 Å². The number of phenols is 1. The number of allylic oxidation sites excluding steroid dienone is 3. The van der Waals surface area contributed by atoms with Crippen LogP contribution in [0.15, 0.2) is 40.7 Å². The van der Waals surface area contributed by atoms with Crippen LogP contribution in [0, 0.1) is 8.99 Å². The van der Waals surface area contributed by atoms with Crippen molar-refractivity contribution in [2.45, 2.75) is 39.5 Å². The summed E-state index contributed by atoms with van der Waals surface area (Å²) in [6.45, 7) is 5.98. The zero-order valence-corrected chi connectivity index (χ0v) is 17.4. The monoisotopic (exact) mass is 467 g/mol. The molecule has 0 saturated heterocycles. The molecule has 0 fully saturated rings. The van der Waals surface area contributed by atoms with Crippen molar-refractivity contribution in [3.05, 3.63) is 49.9 Å². The quantitative estimate of drug-likeness (QED) is 0.512. The largest absolute Gasteiger partial charge is 0.507 e. The fraction of sp³-hybridized carbons (Fsp3) is 0.400. The molecule has 1 aliphatic carbocycles. The maximum absolute atomic E-state index is 13.0. The molecular weight excluding hydrogens is 445 g/mol. The maximum atomic E-state index is 13.0. The summed E-state index contributed by atoms with van der Waals surface area (Å²) >= 11 is 2.04. The number of benzene rings is 1. The second kappa shape index (κ2) is 6.72. The Morgan fingerprint density at radius 1 is 1.35 bits per heavy atom. The molecule has 0 aromatic heterocycles. The van der Waals surface area contributed by atoms with Crippen LogP contribution < -0.4 is 5.32 Å². The van der Waals surface area contributed by atoms with E-state index in [1.165, 1.54) is 7.11 Å². The smallest absolute Gasteiger partial charge is 0.336 e. The van der Waals surface area contributed by atoms with Gasteiger partial charge in [-0.3, -0.25) is 4.79 Å². The van der Waals surface area contributed by atoms with Crippen LogP contribution in [-0.2, 0) is 14.3 Å². The van der Waals surface area contributed by atoms with Crippen LogP contribution in [0.2, 0.25) is 0 Å². The normalized spacial score (nSPS) is 22.0. The van der Waals surface area contributed by atoms with Crippen LogP contribution in [0.5, 0.6) is 5.75 Å². The Morgan fingerprint density at radius 2 is 2.04 bits per heavy atom. The minimum Gasteiger partial charge on any atom is -0.507 e. The van der Waals surface area contributed by atoms with E-state index in [2.05, 4.69) is 19.2 Å². The van der Waals surface area contributed by atoms with Crippen LogP contribution in [0.1, 0.15) is 45.1 Å². The average Bonchev–Trinajstić information content (AvgIpc) is 2.54. The number of hydrogen-bond acceptors (Lipinski definition) is 5. The average molecular weight is 467 g/mol. The number of Topliss-reactive ketones (excluding diaryl/α,β-unsaturated/α-hetero) is 1. The molecule has 1 aromatic rings. The number of phenolic OH excluding ortho intramolecular Hbond substituents is 1. The highest BCUT2D eigenvalue weighted by Crippen LogP contribution is 2.47. The summed E-state index contributed by atoms with van der Waals surface area (Å²) in [6, 6.07) is 5.18. The van der Waals surface area contributed by atoms with E-state index >= 15 is 0 Å². The van der Waals surface area contributed by atoms with Gasteiger partial charge in [-0.05, 0) is 59.0 Å². The second-order valence-electron chi connectivity index (χ2n) is 7.63. The number of ketones is 1. The Bertz CT molecular complexity index is 867. The molecule has 2 aliphatic rings. The molecule has 0 saturated carbocycles. The fourth-order valence-electron chi connectivity index (χ4n) is 3.85. The first kappa shape index (κ1) is 18.9. The number of hydrogen-bond donors (Lipinski definition) is 2. The first-order valence-corrected chi connectivity index (χ1v) is 9.53. The molecule has 6 heteroatoms. The van der Waals surface area contributed by atoms with Gasteiger partial charge in [-0.15, -0.1) is 0 Å². The van der Waals surface area contributed by atoms with Crippen LogP contribution in [-0.4, -0.2) is 24.0 Å². The number of aromatic hydroxyl groups is 1. The number of rotatable bonds is 2. The minimum absolute atomic E-state index is 0.0470. The van der Waals surface area contributed by atoms with Gasteiger partial charge in [-0.2, -0.15) is 0 Å². The molecule has 1 aromatic carbocycles. The third kappa shape index (κ3) is 3.26. The van der Waals surface area contributed by atoms with Crippen molar-refractivity contribution in [1.82, 2.24) is 5.32 Å². The minimum atomic E-state index is -0.489. The zero-order chi connectivity index (χ0) is 19.2. The van der Waals surface area contributed by atoms with Gasteiger partial charge in [-0.25, -0.2) is 4.79 Å². The number of dihydropyridines is 1. The molecule has 3 rings (SSSR count). The van der Waals surface area contributed by atoms with Crippen LogP contribution in [0.3, 0.4) is 0 Å². The number of methoxy groups -OCH3 is 1. The van der Waals surface area contributed by atoms with E-state index in [-0.39, 0.29) is 16.9 Å². The number of esters is 1. The van der Waals surface area contributed by atoms with E-state index in [9.17, 15) is 14.7 Å². The van der Waals surface area contributed by atoms with Crippen molar-refractivity contribution in [2.24, 2.45) is 5.41 Å². The predicted octanol–water partition coefficient (Wildman–Crippen LogP) is 3.77. The predicted molar refractivity (Wildman–Crippen MR) is 106 cm³/mol. The van der Waals surface area contributed by atoms with Gasteiger partial charge in [0, 0.05) is 29.3 Å². The molecule has 0 unspecified atom stereocenters.